The van der Waals surface area contributed by atoms with Gasteiger partial charge in [0.15, 0.2) is 17.9 Å². The number of hydrogen-bond acceptors (Lipinski definition) is 12. The van der Waals surface area contributed by atoms with Gasteiger partial charge in [0.05, 0.1) is 12.6 Å². The summed E-state index contributed by atoms with van der Waals surface area (Å²) in [6, 6.07) is -3.08. The van der Waals surface area contributed by atoms with Gasteiger partial charge in [-0.05, 0) is 77.0 Å². The Bertz CT molecular complexity index is 1630. The molecule has 0 rings (SSSR count). The maximum absolute atomic E-state index is 13.6. The van der Waals surface area contributed by atoms with Crippen molar-refractivity contribution in [2.45, 2.75) is 141 Å². The molecule has 0 fully saturated rings. The van der Waals surface area contributed by atoms with E-state index in [0.717, 1.165) is 19.3 Å². The van der Waals surface area contributed by atoms with Crippen LogP contribution in [0.1, 0.15) is 122 Å². The van der Waals surface area contributed by atoms with Crippen molar-refractivity contribution in [3.05, 3.63) is 0 Å². The van der Waals surface area contributed by atoms with Crippen LogP contribution in [0.5, 0.6) is 0 Å². The molecule has 3 unspecified atom stereocenters. The van der Waals surface area contributed by atoms with E-state index in [-0.39, 0.29) is 119 Å². The third-order valence-electron chi connectivity index (χ3n) is 10.1. The molecule has 388 valence electrons. The first kappa shape index (κ1) is 61.5. The number of amides is 8. The van der Waals surface area contributed by atoms with Crippen molar-refractivity contribution < 1.29 is 38.4 Å². The molecule has 3 atom stereocenters. The normalized spacial score (nSPS) is 11.9. The summed E-state index contributed by atoms with van der Waals surface area (Å²) in [5.41, 5.74) is 43.7. The molecule has 0 spiro atoms. The van der Waals surface area contributed by atoms with E-state index in [4.69, 9.17) is 45.9 Å². The number of carbonyl (C=O) groups excluding carboxylic acids is 8. The highest BCUT2D eigenvalue weighted by molar-refractivity contribution is 5.93. The molecule has 0 aliphatic carbocycles. The van der Waals surface area contributed by atoms with Gasteiger partial charge in [-0.3, -0.25) is 53.3 Å². The molecule has 0 heterocycles. The Balaban J connectivity index is 5.21. The van der Waals surface area contributed by atoms with E-state index in [1.54, 1.807) is 0 Å². The quantitative estimate of drug-likeness (QED) is 0.0158. The number of hydrogen-bond donors (Lipinski definition) is 14. The molecule has 0 radical (unpaired) electrons. The third-order valence-corrected chi connectivity index (χ3v) is 10.1. The van der Waals surface area contributed by atoms with Gasteiger partial charge in [0.2, 0.25) is 47.3 Å². The van der Waals surface area contributed by atoms with Crippen LogP contribution in [0.15, 0.2) is 15.0 Å². The van der Waals surface area contributed by atoms with Gasteiger partial charge in [-0.15, -0.1) is 0 Å². The van der Waals surface area contributed by atoms with Crippen LogP contribution < -0.4 is 77.8 Å². The first-order valence-corrected chi connectivity index (χ1v) is 23.5. The second-order valence-electron chi connectivity index (χ2n) is 16.3. The monoisotopic (exact) mass is 967 g/mol. The molecule has 0 aromatic rings. The van der Waals surface area contributed by atoms with Crippen LogP contribution in [0.3, 0.4) is 0 Å². The summed E-state index contributed by atoms with van der Waals surface area (Å²) in [4.78, 5) is 114. The predicted molar refractivity (Wildman–Crippen MR) is 260 cm³/mol. The van der Waals surface area contributed by atoms with E-state index in [2.05, 4.69) is 46.9 Å². The third kappa shape index (κ3) is 35.7. The first-order valence-electron chi connectivity index (χ1n) is 23.5. The van der Waals surface area contributed by atoms with E-state index in [1.165, 1.54) is 11.8 Å². The van der Waals surface area contributed by atoms with Gasteiger partial charge < -0.3 is 82.7 Å². The summed E-state index contributed by atoms with van der Waals surface area (Å²) in [7, 11) is 0. The minimum absolute atomic E-state index is 0.0523. The van der Waals surface area contributed by atoms with Crippen molar-refractivity contribution in [3.63, 3.8) is 0 Å². The highest BCUT2D eigenvalue weighted by atomic mass is 16.2. The van der Waals surface area contributed by atoms with Crippen LogP contribution in [-0.2, 0) is 38.4 Å². The van der Waals surface area contributed by atoms with Crippen LogP contribution >= 0.6 is 0 Å². The zero-order valence-corrected chi connectivity index (χ0v) is 40.0. The lowest BCUT2D eigenvalue weighted by Gasteiger charge is -2.24. The summed E-state index contributed by atoms with van der Waals surface area (Å²) >= 11 is 0. The van der Waals surface area contributed by atoms with Crippen molar-refractivity contribution in [3.8, 4) is 0 Å². The van der Waals surface area contributed by atoms with Gasteiger partial charge in [-0.2, -0.15) is 0 Å². The molecule has 26 heteroatoms. The standard InChI is InChI=1S/C42H82N18O8/c1-29(61)51-26-27-60(28-35(64)53-21-9-3-6-18-34(63)52-20-8-2-5-17-33(44)62)36(65)19-7-4-10-22-54-38(67)31(15-12-24-56-41(47)48)59-39(68)32(16-13-25-57-42(49)50)58-37(66)30(43)14-11-23-55-40(45)46/h30-32H,2-28,43H2,1H3,(H2,44,62)(H,51,61)(H,52,63)(H,53,64)(H,54,67)(H,58,66)(H,59,68)(H4,45,46,55)(H4,47,48,56)(H4,49,50,57). The van der Waals surface area contributed by atoms with Crippen LogP contribution in [0, 0.1) is 0 Å². The maximum atomic E-state index is 13.6. The average Bonchev–Trinajstić information content (AvgIpc) is 3.26. The predicted octanol–water partition coefficient (Wildman–Crippen LogP) is -4.08. The number of rotatable bonds is 40. The number of guanidine groups is 3. The Labute approximate surface area is 399 Å². The Morgan fingerprint density at radius 2 is 0.926 bits per heavy atom. The molecule has 8 amide bonds. The average molecular weight is 967 g/mol. The number of aliphatic imine (C=N–C) groups is 3. The fourth-order valence-electron chi connectivity index (χ4n) is 6.44. The number of nitrogens with zero attached hydrogens (tertiary/aromatic N) is 4. The van der Waals surface area contributed by atoms with Crippen LogP contribution in [0.25, 0.3) is 0 Å². The molecule has 26 nitrogen and oxygen atoms in total. The molecule has 0 saturated carbocycles. The van der Waals surface area contributed by atoms with Crippen molar-refractivity contribution in [2.75, 3.05) is 58.9 Å². The van der Waals surface area contributed by atoms with Gasteiger partial charge >= 0.3 is 0 Å². The lowest BCUT2D eigenvalue weighted by Crippen LogP contribution is -2.55. The van der Waals surface area contributed by atoms with E-state index in [0.29, 0.717) is 83.7 Å². The Morgan fingerprint density at radius 1 is 0.471 bits per heavy atom. The molecule has 0 aromatic carbocycles. The highest BCUT2D eigenvalue weighted by Gasteiger charge is 2.28. The number of primary amides is 1. The largest absolute Gasteiger partial charge is 0.370 e. The number of nitrogens with two attached hydrogens (primary N) is 8. The van der Waals surface area contributed by atoms with Crippen molar-refractivity contribution in [2.24, 2.45) is 60.8 Å². The second kappa shape index (κ2) is 38.6. The topological polar surface area (TPSA) is 457 Å². The smallest absolute Gasteiger partial charge is 0.243 e. The molecule has 0 saturated heterocycles. The minimum atomic E-state index is -1.09. The van der Waals surface area contributed by atoms with E-state index in [9.17, 15) is 38.4 Å². The Hall–Kier alpha value is -6.47. The molecular formula is C42H82N18O8. The number of unbranched alkanes of at least 4 members (excludes halogenated alkanes) is 6. The second-order valence-corrected chi connectivity index (χ2v) is 16.3. The van der Waals surface area contributed by atoms with Gasteiger partial charge in [-0.25, -0.2) is 0 Å². The number of carbonyl (C=O) groups is 8. The molecule has 0 aromatic heterocycles. The maximum Gasteiger partial charge on any atom is 0.243 e. The lowest BCUT2D eigenvalue weighted by molar-refractivity contribution is -0.136. The van der Waals surface area contributed by atoms with Crippen molar-refractivity contribution in [1.82, 2.24) is 36.8 Å². The zero-order valence-electron chi connectivity index (χ0n) is 40.0. The fourth-order valence-corrected chi connectivity index (χ4v) is 6.44. The van der Waals surface area contributed by atoms with Gasteiger partial charge in [0.1, 0.15) is 12.1 Å². The van der Waals surface area contributed by atoms with E-state index in [1.807, 2.05) is 0 Å². The SMILES string of the molecule is CC(=O)NCCN(CC(=O)NCCCCCC(=O)NCCCCCC(N)=O)C(=O)CCCCCNC(=O)C(CCCN=C(N)N)NC(=O)C(CCCN=C(N)N)NC(=O)C(N)CCCN=C(N)N. The number of nitrogens with one attached hydrogen (secondary N) is 6. The van der Waals surface area contributed by atoms with Crippen molar-refractivity contribution >= 4 is 65.1 Å². The molecule has 0 aliphatic rings. The Kier molecular flexibility index (Phi) is 34.9. The Morgan fingerprint density at radius 3 is 1.44 bits per heavy atom. The zero-order chi connectivity index (χ0) is 51.1. The highest BCUT2D eigenvalue weighted by Crippen LogP contribution is 2.08. The van der Waals surface area contributed by atoms with Gasteiger partial charge in [0, 0.05) is 78.5 Å². The van der Waals surface area contributed by atoms with Crippen LogP contribution in [0.2, 0.25) is 0 Å². The summed E-state index contributed by atoms with van der Waals surface area (Å²) in [6.45, 7) is 3.23. The minimum Gasteiger partial charge on any atom is -0.370 e. The molecule has 22 N–H and O–H groups in total. The fraction of sp³-hybridized carbons (Fsp3) is 0.738. The summed E-state index contributed by atoms with van der Waals surface area (Å²) in [5.74, 6) is -3.33. The van der Waals surface area contributed by atoms with Gasteiger partial charge in [-0.1, -0.05) is 19.3 Å². The first-order chi connectivity index (χ1) is 32.3. The lowest BCUT2D eigenvalue weighted by atomic mass is 10.1. The summed E-state index contributed by atoms with van der Waals surface area (Å²) in [5, 5.41) is 16.5. The van der Waals surface area contributed by atoms with Crippen LogP contribution in [-0.4, -0.2) is 147 Å². The van der Waals surface area contributed by atoms with Gasteiger partial charge in [0.25, 0.3) is 0 Å². The van der Waals surface area contributed by atoms with E-state index >= 15 is 0 Å². The van der Waals surface area contributed by atoms with Crippen molar-refractivity contribution in [1.29, 1.82) is 0 Å². The summed E-state index contributed by atoms with van der Waals surface area (Å²) < 4.78 is 0. The van der Waals surface area contributed by atoms with Crippen LogP contribution in [0.4, 0.5) is 0 Å². The molecular weight excluding hydrogens is 885 g/mol. The molecule has 68 heavy (non-hydrogen) atoms. The molecule has 0 aliphatic heterocycles. The van der Waals surface area contributed by atoms with E-state index < -0.39 is 35.8 Å². The summed E-state index contributed by atoms with van der Waals surface area (Å²) in [6.07, 6.45) is 8.19. The molecule has 0 bridgehead atoms.